The number of nitrogens with two attached hydrogens (primary N) is 1. The molecule has 0 aromatic carbocycles. The number of rotatable bonds is 4. The molecule has 19 heavy (non-hydrogen) atoms. The summed E-state index contributed by atoms with van der Waals surface area (Å²) in [5.74, 6) is -0.189. The summed E-state index contributed by atoms with van der Waals surface area (Å²) in [6, 6.07) is 1.68. The van der Waals surface area contributed by atoms with Crippen molar-refractivity contribution in [3.63, 3.8) is 0 Å². The van der Waals surface area contributed by atoms with Crippen molar-refractivity contribution in [2.24, 2.45) is 5.73 Å². The van der Waals surface area contributed by atoms with Gasteiger partial charge in [-0.3, -0.25) is 4.79 Å². The number of carbonyl (C=O) groups is 1. The normalized spacial score (nSPS) is 11.9. The lowest BCUT2D eigenvalue weighted by Gasteiger charge is -2.10. The van der Waals surface area contributed by atoms with Gasteiger partial charge in [-0.2, -0.15) is 0 Å². The van der Waals surface area contributed by atoms with Crippen molar-refractivity contribution in [2.45, 2.75) is 26.3 Å². The first-order valence-corrected chi connectivity index (χ1v) is 5.91. The van der Waals surface area contributed by atoms with E-state index in [-0.39, 0.29) is 24.4 Å². The molecule has 0 aliphatic carbocycles. The van der Waals surface area contributed by atoms with Crippen LogP contribution < -0.4 is 11.1 Å². The number of nitrogens with one attached hydrogen (secondary N) is 1. The average molecular weight is 285 g/mol. The summed E-state index contributed by atoms with van der Waals surface area (Å²) in [5, 5.41) is 7.47. The largest absolute Gasteiger partial charge is 0.348 e. The number of hydrogen-bond acceptors (Lipinski definition) is 5. The van der Waals surface area contributed by atoms with E-state index < -0.39 is 0 Å². The third kappa shape index (κ3) is 3.21. The maximum atomic E-state index is 11.9. The van der Waals surface area contributed by atoms with E-state index in [4.69, 9.17) is 10.3 Å². The molecule has 0 aliphatic rings. The molecule has 0 saturated carbocycles. The molecule has 2 aromatic rings. The van der Waals surface area contributed by atoms with Crippen molar-refractivity contribution < 1.29 is 9.32 Å². The molecule has 0 saturated heterocycles. The molecule has 1 amide bonds. The van der Waals surface area contributed by atoms with Crippen molar-refractivity contribution >= 4 is 29.4 Å². The Morgan fingerprint density at radius 3 is 2.95 bits per heavy atom. The van der Waals surface area contributed by atoms with Crippen LogP contribution in [0.1, 0.15) is 29.9 Å². The summed E-state index contributed by atoms with van der Waals surface area (Å²) >= 11 is 0. The number of nitrogens with zero attached hydrogens (tertiary/aromatic N) is 2. The fourth-order valence-corrected chi connectivity index (χ4v) is 1.62. The van der Waals surface area contributed by atoms with Gasteiger partial charge in [-0.25, -0.2) is 4.98 Å². The number of halogens is 1. The van der Waals surface area contributed by atoms with Crippen LogP contribution in [0, 0.1) is 0 Å². The molecule has 0 fully saturated rings. The van der Waals surface area contributed by atoms with Gasteiger partial charge in [-0.15, -0.1) is 12.4 Å². The quantitative estimate of drug-likeness (QED) is 0.882. The highest BCUT2D eigenvalue weighted by Gasteiger charge is 2.13. The van der Waals surface area contributed by atoms with E-state index in [9.17, 15) is 4.79 Å². The first-order valence-electron chi connectivity index (χ1n) is 5.91. The fraction of sp³-hybridized carbons (Fsp3) is 0.417. The third-order valence-electron chi connectivity index (χ3n) is 2.73. The SMILES string of the molecule is CCc1noc2ncc(C(=O)N[C@@H](C)CN)cc12.Cl. The zero-order valence-electron chi connectivity index (χ0n) is 10.8. The average Bonchev–Trinajstić information content (AvgIpc) is 2.80. The van der Waals surface area contributed by atoms with Crippen LogP contribution >= 0.6 is 12.4 Å². The summed E-state index contributed by atoms with van der Waals surface area (Å²) < 4.78 is 5.06. The highest BCUT2D eigenvalue weighted by molar-refractivity contribution is 5.97. The monoisotopic (exact) mass is 284 g/mol. The van der Waals surface area contributed by atoms with E-state index >= 15 is 0 Å². The smallest absolute Gasteiger partial charge is 0.257 e. The molecule has 1 atom stereocenters. The van der Waals surface area contributed by atoms with E-state index in [1.807, 2.05) is 13.8 Å². The minimum Gasteiger partial charge on any atom is -0.348 e. The highest BCUT2D eigenvalue weighted by atomic mass is 35.5. The molecule has 0 spiro atoms. The Morgan fingerprint density at radius 1 is 1.58 bits per heavy atom. The number of hydrogen-bond donors (Lipinski definition) is 2. The molecule has 104 valence electrons. The van der Waals surface area contributed by atoms with E-state index in [1.165, 1.54) is 6.20 Å². The van der Waals surface area contributed by atoms with Crippen LogP contribution in [-0.2, 0) is 6.42 Å². The molecular weight excluding hydrogens is 268 g/mol. The molecule has 2 heterocycles. The van der Waals surface area contributed by atoms with Gasteiger partial charge in [-0.05, 0) is 19.4 Å². The zero-order chi connectivity index (χ0) is 13.1. The van der Waals surface area contributed by atoms with Crippen LogP contribution in [0.5, 0.6) is 0 Å². The molecule has 0 unspecified atom stereocenters. The Balaban J connectivity index is 0.00000180. The second kappa shape index (κ2) is 6.49. The zero-order valence-corrected chi connectivity index (χ0v) is 11.7. The first-order chi connectivity index (χ1) is 8.65. The summed E-state index contributed by atoms with van der Waals surface area (Å²) in [7, 11) is 0. The summed E-state index contributed by atoms with van der Waals surface area (Å²) in [4.78, 5) is 16.0. The van der Waals surface area contributed by atoms with Gasteiger partial charge in [0.05, 0.1) is 16.6 Å². The Labute approximate surface area is 117 Å². The van der Waals surface area contributed by atoms with Gasteiger partial charge < -0.3 is 15.6 Å². The maximum Gasteiger partial charge on any atom is 0.257 e. The minimum atomic E-state index is -0.189. The van der Waals surface area contributed by atoms with Gasteiger partial charge in [0.1, 0.15) is 0 Å². The minimum absolute atomic E-state index is 0. The Kier molecular flexibility index (Phi) is 5.26. The van der Waals surface area contributed by atoms with Gasteiger partial charge in [0.15, 0.2) is 0 Å². The number of pyridine rings is 1. The highest BCUT2D eigenvalue weighted by Crippen LogP contribution is 2.18. The van der Waals surface area contributed by atoms with Crippen LogP contribution in [0.15, 0.2) is 16.8 Å². The summed E-state index contributed by atoms with van der Waals surface area (Å²) in [6.07, 6.45) is 2.21. The van der Waals surface area contributed by atoms with Crippen LogP contribution in [-0.4, -0.2) is 28.6 Å². The molecule has 0 aliphatic heterocycles. The summed E-state index contributed by atoms with van der Waals surface area (Å²) in [6.45, 7) is 4.22. The van der Waals surface area contributed by atoms with Crippen molar-refractivity contribution in [3.8, 4) is 0 Å². The maximum absolute atomic E-state index is 11.9. The van der Waals surface area contributed by atoms with Crippen LogP contribution in [0.4, 0.5) is 0 Å². The predicted octanol–water partition coefficient (Wildman–Crippen LogP) is 1.28. The molecule has 2 aromatic heterocycles. The van der Waals surface area contributed by atoms with E-state index in [0.29, 0.717) is 17.8 Å². The van der Waals surface area contributed by atoms with Gasteiger partial charge in [-0.1, -0.05) is 12.1 Å². The molecule has 6 nitrogen and oxygen atoms in total. The topological polar surface area (TPSA) is 94.0 Å². The van der Waals surface area contributed by atoms with Crippen molar-refractivity contribution in [1.29, 1.82) is 0 Å². The Bertz CT molecular complexity index is 570. The van der Waals surface area contributed by atoms with Gasteiger partial charge in [0.25, 0.3) is 11.6 Å². The second-order valence-electron chi connectivity index (χ2n) is 4.17. The predicted molar refractivity (Wildman–Crippen MR) is 74.4 cm³/mol. The fourth-order valence-electron chi connectivity index (χ4n) is 1.62. The van der Waals surface area contributed by atoms with Crippen molar-refractivity contribution in [2.75, 3.05) is 6.54 Å². The lowest BCUT2D eigenvalue weighted by Crippen LogP contribution is -2.37. The van der Waals surface area contributed by atoms with E-state index in [1.54, 1.807) is 6.07 Å². The van der Waals surface area contributed by atoms with Crippen LogP contribution in [0.25, 0.3) is 11.1 Å². The van der Waals surface area contributed by atoms with Crippen molar-refractivity contribution in [1.82, 2.24) is 15.5 Å². The number of amides is 1. The molecule has 7 heteroatoms. The number of carbonyl (C=O) groups excluding carboxylic acids is 1. The first kappa shape index (κ1) is 15.4. The molecule has 3 N–H and O–H groups in total. The number of aryl methyl sites for hydroxylation is 1. The standard InChI is InChI=1S/C12H16N4O2.ClH/c1-3-10-9-4-8(6-14-12(9)18-16-10)11(17)15-7(2)5-13;/h4,6-7H,3,5,13H2,1-2H3,(H,15,17);1H/t7-;/m0./s1. The molecule has 0 bridgehead atoms. The van der Waals surface area contributed by atoms with Crippen molar-refractivity contribution in [3.05, 3.63) is 23.5 Å². The van der Waals surface area contributed by atoms with E-state index in [0.717, 1.165) is 17.5 Å². The molecule has 2 rings (SSSR count). The van der Waals surface area contributed by atoms with Gasteiger partial charge in [0.2, 0.25) is 0 Å². The van der Waals surface area contributed by atoms with E-state index in [2.05, 4.69) is 15.5 Å². The Hall–Kier alpha value is -1.66. The lowest BCUT2D eigenvalue weighted by atomic mass is 10.1. The lowest BCUT2D eigenvalue weighted by molar-refractivity contribution is 0.0941. The number of aromatic nitrogens is 2. The van der Waals surface area contributed by atoms with Crippen LogP contribution in [0.2, 0.25) is 0 Å². The molecule has 0 radical (unpaired) electrons. The third-order valence-corrected chi connectivity index (χ3v) is 2.73. The number of fused-ring (bicyclic) bond motifs is 1. The van der Waals surface area contributed by atoms with Gasteiger partial charge in [0, 0.05) is 18.8 Å². The Morgan fingerprint density at radius 2 is 2.32 bits per heavy atom. The summed E-state index contributed by atoms with van der Waals surface area (Å²) in [5.41, 5.74) is 7.21. The second-order valence-corrected chi connectivity index (χ2v) is 4.17. The van der Waals surface area contributed by atoms with Gasteiger partial charge >= 0.3 is 0 Å². The van der Waals surface area contributed by atoms with Crippen LogP contribution in [0.3, 0.4) is 0 Å². The molecular formula is C12H17ClN4O2.